The fourth-order valence-corrected chi connectivity index (χ4v) is 4.29. The highest BCUT2D eigenvalue weighted by Gasteiger charge is 2.24. The Morgan fingerprint density at radius 2 is 1.83 bits per heavy atom. The number of anilines is 1. The highest BCUT2D eigenvalue weighted by Crippen LogP contribution is 2.26. The number of nitrogens with two attached hydrogens (primary N) is 1. The summed E-state index contributed by atoms with van der Waals surface area (Å²) in [5, 5.41) is 2.82. The monoisotopic (exact) mass is 353 g/mol. The minimum absolute atomic E-state index is 0.0757. The molecule has 0 aromatic heterocycles. The maximum Gasteiger partial charge on any atom is 0.240 e. The second kappa shape index (κ2) is 8.09. The van der Waals surface area contributed by atoms with Crippen LogP contribution in [0.5, 0.6) is 0 Å². The van der Waals surface area contributed by atoms with Crippen LogP contribution in [-0.4, -0.2) is 26.4 Å². The number of carbonyl (C=O) groups excluding carboxylic acids is 1. The summed E-state index contributed by atoms with van der Waals surface area (Å²) in [6.07, 6.45) is 4.65. The number of amides is 1. The third-order valence-electron chi connectivity index (χ3n) is 4.25. The molecule has 24 heavy (non-hydrogen) atoms. The highest BCUT2D eigenvalue weighted by atomic mass is 32.2. The van der Waals surface area contributed by atoms with E-state index in [2.05, 4.69) is 10.0 Å². The van der Waals surface area contributed by atoms with Crippen LogP contribution in [0.2, 0.25) is 0 Å². The van der Waals surface area contributed by atoms with E-state index in [0.717, 1.165) is 25.7 Å². The molecule has 1 aliphatic carbocycles. The lowest BCUT2D eigenvalue weighted by atomic mass is 9.83. The normalized spacial score (nSPS) is 21.7. The topological polar surface area (TPSA) is 101 Å². The Balaban J connectivity index is 1.95. The zero-order chi connectivity index (χ0) is 17.7. The molecular weight excluding hydrogens is 326 g/mol. The molecule has 4 N–H and O–H groups in total. The summed E-state index contributed by atoms with van der Waals surface area (Å²) < 4.78 is 26.7. The average Bonchev–Trinajstić information content (AvgIpc) is 2.49. The number of hydrogen-bond donors (Lipinski definition) is 3. The molecule has 1 aromatic carbocycles. The molecule has 6 nitrogen and oxygen atoms in total. The van der Waals surface area contributed by atoms with Gasteiger partial charge in [-0.05, 0) is 56.9 Å². The van der Waals surface area contributed by atoms with E-state index in [1.54, 1.807) is 26.0 Å². The van der Waals surface area contributed by atoms with Crippen molar-refractivity contribution < 1.29 is 13.2 Å². The molecular formula is C17H27N3O3S. The van der Waals surface area contributed by atoms with Gasteiger partial charge in [-0.15, -0.1) is 0 Å². The predicted octanol–water partition coefficient (Wildman–Crippen LogP) is 2.22. The molecule has 0 radical (unpaired) electrons. The zero-order valence-electron chi connectivity index (χ0n) is 14.3. The van der Waals surface area contributed by atoms with Crippen molar-refractivity contribution in [2.75, 3.05) is 5.32 Å². The second-order valence-electron chi connectivity index (χ2n) is 6.76. The quantitative estimate of drug-likeness (QED) is 0.730. The first-order valence-corrected chi connectivity index (χ1v) is 9.94. The summed E-state index contributed by atoms with van der Waals surface area (Å²) in [5.74, 6) is 0.155. The minimum atomic E-state index is -3.51. The largest absolute Gasteiger partial charge is 0.327 e. The van der Waals surface area contributed by atoms with E-state index in [1.165, 1.54) is 12.1 Å². The summed E-state index contributed by atoms with van der Waals surface area (Å²) in [6.45, 7) is 3.53. The lowest BCUT2D eigenvalue weighted by Crippen LogP contribution is -2.35. The van der Waals surface area contributed by atoms with Crippen LogP contribution >= 0.6 is 0 Å². The van der Waals surface area contributed by atoms with Gasteiger partial charge >= 0.3 is 0 Å². The van der Waals surface area contributed by atoms with Crippen LogP contribution in [0.3, 0.4) is 0 Å². The van der Waals surface area contributed by atoms with Gasteiger partial charge in [-0.25, -0.2) is 13.1 Å². The average molecular weight is 353 g/mol. The molecule has 7 heteroatoms. The van der Waals surface area contributed by atoms with Gasteiger partial charge in [0.05, 0.1) is 4.90 Å². The summed E-state index contributed by atoms with van der Waals surface area (Å²) >= 11 is 0. The molecule has 1 aliphatic rings. The van der Waals surface area contributed by atoms with Crippen molar-refractivity contribution in [3.63, 3.8) is 0 Å². The molecule has 1 fully saturated rings. The van der Waals surface area contributed by atoms with Crippen LogP contribution in [0.1, 0.15) is 46.0 Å². The SMILES string of the molecule is CC(C)NS(=O)(=O)c1ccc(NC(=O)CC2CCCCC2N)cc1. The molecule has 0 saturated heterocycles. The van der Waals surface area contributed by atoms with Gasteiger partial charge in [0.15, 0.2) is 0 Å². The van der Waals surface area contributed by atoms with Crippen molar-refractivity contribution in [3.05, 3.63) is 24.3 Å². The molecule has 134 valence electrons. The van der Waals surface area contributed by atoms with E-state index in [-0.39, 0.29) is 28.8 Å². The Hall–Kier alpha value is -1.44. The van der Waals surface area contributed by atoms with E-state index in [4.69, 9.17) is 5.73 Å². The first-order valence-electron chi connectivity index (χ1n) is 8.46. The molecule has 0 aliphatic heterocycles. The van der Waals surface area contributed by atoms with Crippen LogP contribution in [0.4, 0.5) is 5.69 Å². The van der Waals surface area contributed by atoms with Gasteiger partial charge < -0.3 is 11.1 Å². The number of nitrogens with one attached hydrogen (secondary N) is 2. The second-order valence-corrected chi connectivity index (χ2v) is 8.48. The standard InChI is InChI=1S/C17H27N3O3S/c1-12(2)20-24(22,23)15-9-7-14(8-10-15)19-17(21)11-13-5-3-4-6-16(13)18/h7-10,12-13,16,20H,3-6,11,18H2,1-2H3,(H,19,21). The Kier molecular flexibility index (Phi) is 6.37. The van der Waals surface area contributed by atoms with Crippen LogP contribution in [0.15, 0.2) is 29.2 Å². The first-order chi connectivity index (χ1) is 11.3. The Morgan fingerprint density at radius 3 is 2.42 bits per heavy atom. The predicted molar refractivity (Wildman–Crippen MR) is 95.1 cm³/mol. The Bertz CT molecular complexity index is 656. The first kappa shape index (κ1) is 18.9. The smallest absolute Gasteiger partial charge is 0.240 e. The number of benzene rings is 1. The van der Waals surface area contributed by atoms with Gasteiger partial charge in [-0.2, -0.15) is 0 Å². The molecule has 0 spiro atoms. The molecule has 1 saturated carbocycles. The van der Waals surface area contributed by atoms with Crippen molar-refractivity contribution in [2.45, 2.75) is 62.9 Å². The van der Waals surface area contributed by atoms with Gasteiger partial charge in [0.25, 0.3) is 0 Å². The van der Waals surface area contributed by atoms with Crippen LogP contribution in [0.25, 0.3) is 0 Å². The fraction of sp³-hybridized carbons (Fsp3) is 0.588. The summed E-state index contributed by atoms with van der Waals surface area (Å²) in [4.78, 5) is 12.3. The van der Waals surface area contributed by atoms with E-state index in [0.29, 0.717) is 12.1 Å². The van der Waals surface area contributed by atoms with Crippen molar-refractivity contribution >= 4 is 21.6 Å². The Labute approximate surface area is 144 Å². The molecule has 0 bridgehead atoms. The molecule has 2 rings (SSSR count). The lowest BCUT2D eigenvalue weighted by Gasteiger charge is -2.27. The molecule has 2 atom stereocenters. The molecule has 0 heterocycles. The number of hydrogen-bond acceptors (Lipinski definition) is 4. The lowest BCUT2D eigenvalue weighted by molar-refractivity contribution is -0.117. The molecule has 2 unspecified atom stereocenters. The number of rotatable bonds is 6. The van der Waals surface area contributed by atoms with Gasteiger partial charge in [-0.3, -0.25) is 4.79 Å². The van der Waals surface area contributed by atoms with Crippen molar-refractivity contribution in [1.29, 1.82) is 0 Å². The van der Waals surface area contributed by atoms with Gasteiger partial charge in [-0.1, -0.05) is 12.8 Å². The number of sulfonamides is 1. The Morgan fingerprint density at radius 1 is 1.21 bits per heavy atom. The molecule has 1 aromatic rings. The summed E-state index contributed by atoms with van der Waals surface area (Å²) in [7, 11) is -3.51. The van der Waals surface area contributed by atoms with E-state index in [9.17, 15) is 13.2 Å². The van der Waals surface area contributed by atoms with Crippen LogP contribution < -0.4 is 15.8 Å². The van der Waals surface area contributed by atoms with Crippen molar-refractivity contribution in [1.82, 2.24) is 4.72 Å². The highest BCUT2D eigenvalue weighted by molar-refractivity contribution is 7.89. The maximum atomic E-state index is 12.2. The van der Waals surface area contributed by atoms with Crippen molar-refractivity contribution in [2.24, 2.45) is 11.7 Å². The summed E-state index contributed by atoms with van der Waals surface area (Å²) in [6, 6.07) is 6.12. The minimum Gasteiger partial charge on any atom is -0.327 e. The van der Waals surface area contributed by atoms with Gasteiger partial charge in [0.2, 0.25) is 15.9 Å². The third kappa shape index (κ3) is 5.29. The van der Waals surface area contributed by atoms with Gasteiger partial charge in [0, 0.05) is 24.2 Å². The summed E-state index contributed by atoms with van der Waals surface area (Å²) in [5.41, 5.74) is 6.67. The fourth-order valence-electron chi connectivity index (χ4n) is 3.04. The zero-order valence-corrected chi connectivity index (χ0v) is 15.1. The van der Waals surface area contributed by atoms with E-state index < -0.39 is 10.0 Å². The van der Waals surface area contributed by atoms with E-state index >= 15 is 0 Å². The van der Waals surface area contributed by atoms with Crippen LogP contribution in [-0.2, 0) is 14.8 Å². The van der Waals surface area contributed by atoms with E-state index in [1.807, 2.05) is 0 Å². The van der Waals surface area contributed by atoms with Crippen molar-refractivity contribution in [3.8, 4) is 0 Å². The maximum absolute atomic E-state index is 12.2. The number of carbonyl (C=O) groups is 1. The third-order valence-corrected chi connectivity index (χ3v) is 5.93. The van der Waals surface area contributed by atoms with Gasteiger partial charge in [0.1, 0.15) is 0 Å². The molecule has 1 amide bonds. The van der Waals surface area contributed by atoms with Crippen LogP contribution in [0, 0.1) is 5.92 Å².